The zero-order valence-electron chi connectivity index (χ0n) is 12.3. The molecule has 0 spiro atoms. The second kappa shape index (κ2) is 6.42. The normalized spacial score (nSPS) is 10.6. The van der Waals surface area contributed by atoms with Gasteiger partial charge in [0.15, 0.2) is 10.9 Å². The van der Waals surface area contributed by atoms with Crippen molar-refractivity contribution in [2.75, 3.05) is 5.32 Å². The Kier molecular flexibility index (Phi) is 4.32. The highest BCUT2D eigenvalue weighted by atomic mass is 35.5. The summed E-state index contributed by atoms with van der Waals surface area (Å²) in [6.45, 7) is 1.83. The molecule has 24 heavy (non-hydrogen) atoms. The third-order valence-electron chi connectivity index (χ3n) is 3.13. The lowest BCUT2D eigenvalue weighted by Crippen LogP contribution is -2.12. The molecule has 3 rings (SSSR count). The van der Waals surface area contributed by atoms with Crippen molar-refractivity contribution in [2.45, 2.75) is 6.92 Å². The summed E-state index contributed by atoms with van der Waals surface area (Å²) in [6.07, 6.45) is 0. The Balaban J connectivity index is 1.78. The lowest BCUT2D eigenvalue weighted by molar-refractivity contribution is -0.384. The van der Waals surface area contributed by atoms with Crippen LogP contribution in [0.5, 0.6) is 0 Å². The summed E-state index contributed by atoms with van der Waals surface area (Å²) in [5.74, 6) is 0.880. The number of nitrogens with one attached hydrogen (secondary N) is 1. The molecule has 0 unspecified atom stereocenters. The van der Waals surface area contributed by atoms with E-state index < -0.39 is 10.8 Å². The Labute approximate surface area is 145 Å². The molecule has 122 valence electrons. The summed E-state index contributed by atoms with van der Waals surface area (Å²) in [7, 11) is 0. The lowest BCUT2D eigenvalue weighted by Gasteiger charge is -2.03. The maximum absolute atomic E-state index is 12.2. The number of halogens is 1. The van der Waals surface area contributed by atoms with Crippen LogP contribution in [-0.4, -0.2) is 15.8 Å². The molecule has 0 aliphatic carbocycles. The number of aromatic nitrogens is 1. The first kappa shape index (κ1) is 16.2. The van der Waals surface area contributed by atoms with E-state index in [0.717, 1.165) is 11.8 Å². The van der Waals surface area contributed by atoms with Crippen LogP contribution in [0, 0.1) is 17.0 Å². The molecule has 0 aliphatic heterocycles. The summed E-state index contributed by atoms with van der Waals surface area (Å²) in [5.41, 5.74) is 0.562. The topological polar surface area (TPSA) is 98.3 Å². The van der Waals surface area contributed by atoms with Crippen LogP contribution in [0.2, 0.25) is 5.02 Å². The van der Waals surface area contributed by atoms with E-state index in [0.29, 0.717) is 16.6 Å². The molecular formula is C15H10ClN3O4S. The molecule has 0 saturated heterocycles. The Morgan fingerprint density at radius 3 is 2.79 bits per heavy atom. The molecular weight excluding hydrogens is 354 g/mol. The Morgan fingerprint density at radius 2 is 2.17 bits per heavy atom. The maximum Gasteiger partial charge on any atom is 0.270 e. The minimum atomic E-state index is -0.577. The number of nitro groups is 1. The van der Waals surface area contributed by atoms with Crippen LogP contribution in [0.15, 0.2) is 40.1 Å². The second-order valence-electron chi connectivity index (χ2n) is 4.82. The van der Waals surface area contributed by atoms with E-state index in [1.165, 1.54) is 23.5 Å². The number of rotatable bonds is 4. The number of anilines is 1. The van der Waals surface area contributed by atoms with Crippen LogP contribution in [0.3, 0.4) is 0 Å². The highest BCUT2D eigenvalue weighted by Gasteiger charge is 2.17. The van der Waals surface area contributed by atoms with E-state index in [-0.39, 0.29) is 16.3 Å². The summed E-state index contributed by atoms with van der Waals surface area (Å²) in [5, 5.41) is 15.4. The van der Waals surface area contributed by atoms with Crippen molar-refractivity contribution in [1.29, 1.82) is 0 Å². The molecule has 0 atom stereocenters. The van der Waals surface area contributed by atoms with Crippen LogP contribution in [0.25, 0.3) is 11.5 Å². The van der Waals surface area contributed by atoms with Crippen molar-refractivity contribution in [3.05, 3.63) is 62.2 Å². The van der Waals surface area contributed by atoms with Crippen LogP contribution >= 0.6 is 22.9 Å². The van der Waals surface area contributed by atoms with Crippen molar-refractivity contribution in [3.63, 3.8) is 0 Å². The fourth-order valence-corrected chi connectivity index (χ4v) is 2.94. The van der Waals surface area contributed by atoms with Gasteiger partial charge in [-0.25, -0.2) is 4.98 Å². The molecule has 0 fully saturated rings. The number of benzene rings is 1. The molecule has 0 aliphatic rings. The molecule has 9 heteroatoms. The van der Waals surface area contributed by atoms with Gasteiger partial charge in [-0.1, -0.05) is 11.6 Å². The molecule has 2 heterocycles. The van der Waals surface area contributed by atoms with E-state index in [2.05, 4.69) is 10.3 Å². The number of nitro benzene ring substituents is 1. The van der Waals surface area contributed by atoms with Gasteiger partial charge in [-0.05, 0) is 25.1 Å². The van der Waals surface area contributed by atoms with Gasteiger partial charge in [-0.2, -0.15) is 0 Å². The third kappa shape index (κ3) is 3.29. The SMILES string of the molecule is Cc1ccc(-c2csc(NC(=O)c3ccc([N+](=O)[O-])cc3Cl)n2)o1. The molecule has 2 aromatic heterocycles. The lowest BCUT2D eigenvalue weighted by atomic mass is 10.2. The summed E-state index contributed by atoms with van der Waals surface area (Å²) < 4.78 is 5.47. The summed E-state index contributed by atoms with van der Waals surface area (Å²) in [4.78, 5) is 26.6. The smallest absolute Gasteiger partial charge is 0.270 e. The molecule has 0 radical (unpaired) electrons. The van der Waals surface area contributed by atoms with Crippen molar-refractivity contribution < 1.29 is 14.1 Å². The zero-order valence-corrected chi connectivity index (χ0v) is 13.9. The van der Waals surface area contributed by atoms with E-state index in [4.69, 9.17) is 16.0 Å². The summed E-state index contributed by atoms with van der Waals surface area (Å²) in [6, 6.07) is 7.28. The minimum absolute atomic E-state index is 0.000129. The van der Waals surface area contributed by atoms with Crippen LogP contribution < -0.4 is 5.32 Å². The molecule has 1 aromatic carbocycles. The number of thiazole rings is 1. The Hall–Kier alpha value is -2.71. The fourth-order valence-electron chi connectivity index (χ4n) is 1.98. The number of aryl methyl sites for hydroxylation is 1. The summed E-state index contributed by atoms with van der Waals surface area (Å²) >= 11 is 7.18. The van der Waals surface area contributed by atoms with E-state index in [1.807, 2.05) is 13.0 Å². The van der Waals surface area contributed by atoms with Gasteiger partial charge in [-0.3, -0.25) is 20.2 Å². The van der Waals surface area contributed by atoms with Gasteiger partial charge in [0.25, 0.3) is 11.6 Å². The van der Waals surface area contributed by atoms with Gasteiger partial charge >= 0.3 is 0 Å². The number of hydrogen-bond donors (Lipinski definition) is 1. The first-order chi connectivity index (χ1) is 11.4. The largest absolute Gasteiger partial charge is 0.460 e. The van der Waals surface area contributed by atoms with Gasteiger partial charge in [0.05, 0.1) is 15.5 Å². The maximum atomic E-state index is 12.2. The average molecular weight is 364 g/mol. The van der Waals surface area contributed by atoms with Gasteiger partial charge in [-0.15, -0.1) is 11.3 Å². The van der Waals surface area contributed by atoms with Crippen LogP contribution in [0.4, 0.5) is 10.8 Å². The van der Waals surface area contributed by atoms with Gasteiger partial charge in [0.1, 0.15) is 11.5 Å². The molecule has 0 bridgehead atoms. The number of furan rings is 1. The van der Waals surface area contributed by atoms with Gasteiger partial charge < -0.3 is 4.42 Å². The first-order valence-corrected chi connectivity index (χ1v) is 7.97. The molecule has 3 aromatic rings. The molecule has 1 amide bonds. The fraction of sp³-hybridized carbons (Fsp3) is 0.0667. The first-order valence-electron chi connectivity index (χ1n) is 6.71. The Morgan fingerprint density at radius 1 is 1.38 bits per heavy atom. The van der Waals surface area contributed by atoms with E-state index in [9.17, 15) is 14.9 Å². The number of amides is 1. The standard InChI is InChI=1S/C15H10ClN3O4S/c1-8-2-5-13(23-8)12-7-24-15(17-12)18-14(20)10-4-3-9(19(21)22)6-11(10)16/h2-7H,1H3,(H,17,18,20). The number of carbonyl (C=O) groups is 1. The monoisotopic (exact) mass is 363 g/mol. The van der Waals surface area contributed by atoms with E-state index in [1.54, 1.807) is 11.4 Å². The van der Waals surface area contributed by atoms with Crippen LogP contribution in [-0.2, 0) is 0 Å². The van der Waals surface area contributed by atoms with Gasteiger partial charge in [0.2, 0.25) is 0 Å². The molecule has 0 saturated carbocycles. The molecule has 1 N–H and O–H groups in total. The highest BCUT2D eigenvalue weighted by molar-refractivity contribution is 7.14. The number of hydrogen-bond acceptors (Lipinski definition) is 6. The van der Waals surface area contributed by atoms with Crippen molar-refractivity contribution in [2.24, 2.45) is 0 Å². The highest BCUT2D eigenvalue weighted by Crippen LogP contribution is 2.28. The minimum Gasteiger partial charge on any atom is -0.460 e. The Bertz CT molecular complexity index is 934. The van der Waals surface area contributed by atoms with Crippen molar-refractivity contribution >= 4 is 39.7 Å². The predicted molar refractivity (Wildman–Crippen MR) is 90.6 cm³/mol. The third-order valence-corrected chi connectivity index (χ3v) is 4.20. The van der Waals surface area contributed by atoms with Gasteiger partial charge in [0, 0.05) is 17.5 Å². The van der Waals surface area contributed by atoms with E-state index >= 15 is 0 Å². The number of nitrogens with zero attached hydrogens (tertiary/aromatic N) is 2. The molecule has 7 nitrogen and oxygen atoms in total. The average Bonchev–Trinajstić information content (AvgIpc) is 3.15. The number of carbonyl (C=O) groups excluding carboxylic acids is 1. The van der Waals surface area contributed by atoms with Crippen molar-refractivity contribution in [3.8, 4) is 11.5 Å². The van der Waals surface area contributed by atoms with Crippen LogP contribution in [0.1, 0.15) is 16.1 Å². The second-order valence-corrected chi connectivity index (χ2v) is 6.09. The predicted octanol–water partition coefficient (Wildman–Crippen LogP) is 4.53. The zero-order chi connectivity index (χ0) is 17.3. The number of non-ortho nitro benzene ring substituents is 1. The quantitative estimate of drug-likeness (QED) is 0.542. The van der Waals surface area contributed by atoms with Crippen molar-refractivity contribution in [1.82, 2.24) is 4.98 Å².